The zero-order chi connectivity index (χ0) is 24.9. The van der Waals surface area contributed by atoms with Gasteiger partial charge >= 0.3 is 0 Å². The Morgan fingerprint density at radius 3 is 2.26 bits per heavy atom. The number of hydrogen-bond donors (Lipinski definition) is 1. The third kappa shape index (κ3) is 6.73. The number of hydrogen-bond acceptors (Lipinski definition) is 4. The minimum absolute atomic E-state index is 0.0559. The normalized spacial score (nSPS) is 12.4. The Morgan fingerprint density at radius 2 is 1.68 bits per heavy atom. The van der Waals surface area contributed by atoms with Crippen LogP contribution in [-0.2, 0) is 21.4 Å². The van der Waals surface area contributed by atoms with Crippen molar-refractivity contribution >= 4 is 55.1 Å². The highest BCUT2D eigenvalue weighted by molar-refractivity contribution is 9.10. The second kappa shape index (κ2) is 11.6. The minimum atomic E-state index is -3.98. The number of methoxy groups -OCH3 is 1. The van der Waals surface area contributed by atoms with Gasteiger partial charge in [0, 0.05) is 11.0 Å². The average molecular weight is 586 g/mol. The number of nitrogens with zero attached hydrogens (tertiary/aromatic N) is 1. The Hall–Kier alpha value is -2.10. The topological polar surface area (TPSA) is 75.7 Å². The lowest BCUT2D eigenvalue weighted by Gasteiger charge is -2.23. The molecule has 0 saturated heterocycles. The maximum atomic E-state index is 13.4. The molecule has 34 heavy (non-hydrogen) atoms. The van der Waals surface area contributed by atoms with Gasteiger partial charge in [0.05, 0.1) is 34.6 Å². The predicted octanol–water partition coefficient (Wildman–Crippen LogP) is 5.83. The molecule has 6 nitrogen and oxygen atoms in total. The van der Waals surface area contributed by atoms with E-state index in [-0.39, 0.29) is 24.0 Å². The first-order valence-electron chi connectivity index (χ1n) is 10.2. The molecule has 0 unspecified atom stereocenters. The molecule has 0 aromatic heterocycles. The van der Waals surface area contributed by atoms with Crippen LogP contribution in [0.3, 0.4) is 0 Å². The highest BCUT2D eigenvalue weighted by Crippen LogP contribution is 2.26. The highest BCUT2D eigenvalue weighted by Gasteiger charge is 2.27. The van der Waals surface area contributed by atoms with E-state index in [4.69, 9.17) is 27.9 Å². The van der Waals surface area contributed by atoms with Crippen molar-refractivity contribution in [2.24, 2.45) is 0 Å². The Balaban J connectivity index is 1.83. The fraction of sp³-hybridized carbons (Fsp3) is 0.208. The lowest BCUT2D eigenvalue weighted by molar-refractivity contribution is -0.122. The molecule has 3 aromatic rings. The number of carbonyl (C=O) groups excluding carboxylic acids is 1. The average Bonchev–Trinajstić information content (AvgIpc) is 2.81. The maximum absolute atomic E-state index is 13.4. The van der Waals surface area contributed by atoms with Gasteiger partial charge in [-0.2, -0.15) is 4.31 Å². The van der Waals surface area contributed by atoms with E-state index in [2.05, 4.69) is 21.2 Å². The summed E-state index contributed by atoms with van der Waals surface area (Å²) in [5, 5.41) is 3.53. The zero-order valence-corrected chi connectivity index (χ0v) is 22.4. The van der Waals surface area contributed by atoms with Crippen molar-refractivity contribution in [3.05, 3.63) is 92.4 Å². The van der Waals surface area contributed by atoms with E-state index in [9.17, 15) is 13.2 Å². The summed E-state index contributed by atoms with van der Waals surface area (Å²) >= 11 is 15.4. The van der Waals surface area contributed by atoms with Crippen LogP contribution in [0.15, 0.2) is 76.1 Å². The van der Waals surface area contributed by atoms with Gasteiger partial charge in [0.2, 0.25) is 15.9 Å². The molecule has 0 bridgehead atoms. The van der Waals surface area contributed by atoms with Crippen LogP contribution >= 0.6 is 39.1 Å². The molecule has 0 fully saturated rings. The smallest absolute Gasteiger partial charge is 0.243 e. The van der Waals surface area contributed by atoms with Gasteiger partial charge in [-0.3, -0.25) is 4.79 Å². The van der Waals surface area contributed by atoms with Crippen LogP contribution in [0.5, 0.6) is 5.75 Å². The lowest BCUT2D eigenvalue weighted by Crippen LogP contribution is -2.41. The summed E-state index contributed by atoms with van der Waals surface area (Å²) in [6, 6.07) is 18.0. The second-order valence-electron chi connectivity index (χ2n) is 7.54. The fourth-order valence-corrected chi connectivity index (χ4v) is 5.22. The quantitative estimate of drug-likeness (QED) is 0.343. The molecular weight excluding hydrogens is 563 g/mol. The molecule has 1 atom stereocenters. The Labute approximate surface area is 218 Å². The van der Waals surface area contributed by atoms with Gasteiger partial charge in [0.25, 0.3) is 0 Å². The van der Waals surface area contributed by atoms with Gasteiger partial charge in [-0.25, -0.2) is 8.42 Å². The molecule has 0 aliphatic rings. The van der Waals surface area contributed by atoms with Gasteiger partial charge in [-0.05, 0) is 66.6 Å². The van der Waals surface area contributed by atoms with Gasteiger partial charge < -0.3 is 10.1 Å². The summed E-state index contributed by atoms with van der Waals surface area (Å²) in [7, 11) is -2.41. The van der Waals surface area contributed by atoms with Gasteiger partial charge in [0.15, 0.2) is 0 Å². The first-order valence-corrected chi connectivity index (χ1v) is 13.2. The van der Waals surface area contributed by atoms with Gasteiger partial charge in [0.1, 0.15) is 5.75 Å². The molecule has 3 aromatic carbocycles. The highest BCUT2D eigenvalue weighted by atomic mass is 79.9. The molecule has 0 saturated carbocycles. The van der Waals surface area contributed by atoms with Crippen molar-refractivity contribution in [1.82, 2.24) is 9.62 Å². The van der Waals surface area contributed by atoms with E-state index in [0.29, 0.717) is 21.4 Å². The number of nitrogens with one attached hydrogen (secondary N) is 1. The molecule has 0 radical (unpaired) electrons. The summed E-state index contributed by atoms with van der Waals surface area (Å²) in [5.41, 5.74) is 1.46. The zero-order valence-electron chi connectivity index (χ0n) is 18.5. The molecule has 0 aliphatic heterocycles. The number of benzene rings is 3. The van der Waals surface area contributed by atoms with Gasteiger partial charge in [-0.15, -0.1) is 0 Å². The predicted molar refractivity (Wildman–Crippen MR) is 138 cm³/mol. The molecule has 180 valence electrons. The van der Waals surface area contributed by atoms with E-state index >= 15 is 0 Å². The maximum Gasteiger partial charge on any atom is 0.243 e. The van der Waals surface area contributed by atoms with Crippen molar-refractivity contribution in [3.8, 4) is 5.75 Å². The van der Waals surface area contributed by atoms with E-state index in [0.717, 1.165) is 14.3 Å². The summed E-state index contributed by atoms with van der Waals surface area (Å²) < 4.78 is 33.9. The third-order valence-corrected chi connectivity index (χ3v) is 8.18. The number of rotatable bonds is 9. The molecule has 1 amide bonds. The molecule has 0 heterocycles. The number of halogens is 3. The molecule has 0 spiro atoms. The van der Waals surface area contributed by atoms with Crippen LogP contribution in [0.25, 0.3) is 0 Å². The summed E-state index contributed by atoms with van der Waals surface area (Å²) in [6.07, 6.45) is 0. The SMILES string of the molecule is COc1ccc([C@H](C)NC(=O)CN(Cc2ccc(Cl)c(Cl)c2)S(=O)(=O)c2ccc(Br)cc2)cc1. The van der Waals surface area contributed by atoms with Crippen LogP contribution in [0, 0.1) is 0 Å². The van der Waals surface area contributed by atoms with Crippen LogP contribution in [-0.4, -0.2) is 32.3 Å². The van der Waals surface area contributed by atoms with Crippen molar-refractivity contribution < 1.29 is 17.9 Å². The van der Waals surface area contributed by atoms with Crippen LogP contribution in [0.4, 0.5) is 0 Å². The number of carbonyl (C=O) groups is 1. The summed E-state index contributed by atoms with van der Waals surface area (Å²) in [4.78, 5) is 13.0. The fourth-order valence-electron chi connectivity index (χ4n) is 3.25. The van der Waals surface area contributed by atoms with Crippen molar-refractivity contribution in [3.63, 3.8) is 0 Å². The largest absolute Gasteiger partial charge is 0.497 e. The monoisotopic (exact) mass is 584 g/mol. The number of ether oxygens (including phenoxy) is 1. The Kier molecular flexibility index (Phi) is 9.01. The third-order valence-electron chi connectivity index (χ3n) is 5.11. The van der Waals surface area contributed by atoms with Crippen LogP contribution in [0.2, 0.25) is 10.0 Å². The van der Waals surface area contributed by atoms with Crippen molar-refractivity contribution in [2.45, 2.75) is 24.4 Å². The first kappa shape index (κ1) is 26.5. The first-order chi connectivity index (χ1) is 16.1. The van der Waals surface area contributed by atoms with E-state index in [1.807, 2.05) is 19.1 Å². The summed E-state index contributed by atoms with van der Waals surface area (Å²) in [5.74, 6) is 0.264. The molecule has 10 heteroatoms. The van der Waals surface area contributed by atoms with Crippen molar-refractivity contribution in [2.75, 3.05) is 13.7 Å². The van der Waals surface area contributed by atoms with E-state index in [1.54, 1.807) is 49.6 Å². The number of sulfonamides is 1. The van der Waals surface area contributed by atoms with Gasteiger partial charge in [-0.1, -0.05) is 57.3 Å². The second-order valence-corrected chi connectivity index (χ2v) is 11.2. The summed E-state index contributed by atoms with van der Waals surface area (Å²) in [6.45, 7) is 1.39. The molecular formula is C24H23BrCl2N2O4S. The molecule has 3 rings (SSSR count). The van der Waals surface area contributed by atoms with Crippen LogP contribution in [0.1, 0.15) is 24.1 Å². The standard InChI is InChI=1S/C24H23BrCl2N2O4S/c1-16(18-4-8-20(33-2)9-5-18)28-24(30)15-29(14-17-3-12-22(26)23(27)13-17)34(31,32)21-10-6-19(25)7-11-21/h3-13,16H,14-15H2,1-2H3,(H,28,30)/t16-/m0/s1. The lowest BCUT2D eigenvalue weighted by atomic mass is 10.1. The van der Waals surface area contributed by atoms with E-state index in [1.165, 1.54) is 12.1 Å². The Bertz CT molecular complexity index is 1250. The van der Waals surface area contributed by atoms with E-state index < -0.39 is 15.9 Å². The Morgan fingerprint density at radius 1 is 1.03 bits per heavy atom. The van der Waals surface area contributed by atoms with Crippen LogP contribution < -0.4 is 10.1 Å². The number of amides is 1. The molecule has 1 N–H and O–H groups in total. The molecule has 0 aliphatic carbocycles. The van der Waals surface area contributed by atoms with Crippen molar-refractivity contribution in [1.29, 1.82) is 0 Å². The minimum Gasteiger partial charge on any atom is -0.497 e.